The molecule has 0 bridgehead atoms. The zero-order valence-electron chi connectivity index (χ0n) is 7.76. The molecule has 0 aromatic rings. The topological polar surface area (TPSA) is 26.3 Å². The van der Waals surface area contributed by atoms with E-state index in [4.69, 9.17) is 16.3 Å². The van der Waals surface area contributed by atoms with Crippen LogP contribution in [-0.2, 0) is 9.53 Å². The largest absolute Gasteiger partial charge is 0.460 e. The number of carbonyl (C=O) groups excluding carboxylic acids is 1. The summed E-state index contributed by atoms with van der Waals surface area (Å²) < 4.78 is 5.19. The highest BCUT2D eigenvalue weighted by Gasteiger charge is 2.35. The van der Waals surface area contributed by atoms with Gasteiger partial charge in [0.1, 0.15) is 5.60 Å². The van der Waals surface area contributed by atoms with Gasteiger partial charge < -0.3 is 4.74 Å². The second-order valence-electron chi connectivity index (χ2n) is 4.30. The molecule has 2 nitrogen and oxygen atoms in total. The summed E-state index contributed by atoms with van der Waals surface area (Å²) in [6.45, 7) is 5.63. The Balaban J connectivity index is 2.30. The molecule has 0 N–H and O–H groups in total. The average Bonchev–Trinajstić information content (AvgIpc) is 1.76. The Kier molecular flexibility index (Phi) is 2.67. The lowest BCUT2D eigenvalue weighted by Gasteiger charge is -2.31. The predicted molar refractivity (Wildman–Crippen MR) is 48.2 cm³/mol. The summed E-state index contributed by atoms with van der Waals surface area (Å²) >= 11 is 5.75. The summed E-state index contributed by atoms with van der Waals surface area (Å²) in [5.41, 5.74) is -0.367. The van der Waals surface area contributed by atoms with Gasteiger partial charge in [0.15, 0.2) is 0 Å². The van der Waals surface area contributed by atoms with Gasteiger partial charge in [-0.2, -0.15) is 0 Å². The monoisotopic (exact) mass is 190 g/mol. The third kappa shape index (κ3) is 2.67. The Morgan fingerprint density at radius 3 is 2.25 bits per heavy atom. The van der Waals surface area contributed by atoms with Gasteiger partial charge in [-0.25, -0.2) is 0 Å². The molecular formula is C9H15ClO2. The summed E-state index contributed by atoms with van der Waals surface area (Å²) in [5, 5.41) is 0.183. The van der Waals surface area contributed by atoms with Gasteiger partial charge in [0.05, 0.1) is 5.92 Å². The van der Waals surface area contributed by atoms with Crippen molar-refractivity contribution in [3.8, 4) is 0 Å². The fourth-order valence-electron chi connectivity index (χ4n) is 1.13. The number of esters is 1. The van der Waals surface area contributed by atoms with Crippen molar-refractivity contribution in [2.24, 2.45) is 5.92 Å². The molecule has 1 fully saturated rings. The van der Waals surface area contributed by atoms with Gasteiger partial charge in [0, 0.05) is 5.38 Å². The third-order valence-corrected chi connectivity index (χ3v) is 2.18. The molecule has 0 aliphatic heterocycles. The standard InChI is InChI=1S/C9H15ClO2/c1-9(2,3)12-8(11)6-4-7(10)5-6/h6-7H,4-5H2,1-3H3. The van der Waals surface area contributed by atoms with Crippen molar-refractivity contribution in [3.05, 3.63) is 0 Å². The van der Waals surface area contributed by atoms with Crippen LogP contribution in [-0.4, -0.2) is 16.9 Å². The zero-order valence-corrected chi connectivity index (χ0v) is 8.52. The van der Waals surface area contributed by atoms with Crippen molar-refractivity contribution in [1.29, 1.82) is 0 Å². The van der Waals surface area contributed by atoms with E-state index in [0.717, 1.165) is 12.8 Å². The quantitative estimate of drug-likeness (QED) is 0.469. The fraction of sp³-hybridized carbons (Fsp3) is 0.889. The first-order valence-electron chi connectivity index (χ1n) is 4.25. The first-order valence-corrected chi connectivity index (χ1v) is 4.69. The molecule has 0 unspecified atom stereocenters. The minimum absolute atomic E-state index is 0.0479. The number of halogens is 1. The van der Waals surface area contributed by atoms with E-state index in [9.17, 15) is 4.79 Å². The minimum Gasteiger partial charge on any atom is -0.460 e. The number of ether oxygens (including phenoxy) is 1. The summed E-state index contributed by atoms with van der Waals surface area (Å²) in [5.74, 6) is -0.0499. The van der Waals surface area contributed by atoms with Crippen LogP contribution < -0.4 is 0 Å². The number of hydrogen-bond donors (Lipinski definition) is 0. The maximum atomic E-state index is 11.3. The summed E-state index contributed by atoms with van der Waals surface area (Å²) in [6.07, 6.45) is 1.55. The molecule has 0 aromatic heterocycles. The molecule has 1 saturated carbocycles. The Hall–Kier alpha value is -0.240. The molecule has 0 amide bonds. The Morgan fingerprint density at radius 2 is 1.92 bits per heavy atom. The second-order valence-corrected chi connectivity index (χ2v) is 4.92. The van der Waals surface area contributed by atoms with Gasteiger partial charge in [0.25, 0.3) is 0 Å². The van der Waals surface area contributed by atoms with E-state index in [-0.39, 0.29) is 22.9 Å². The van der Waals surface area contributed by atoms with Crippen LogP contribution in [0.3, 0.4) is 0 Å². The van der Waals surface area contributed by atoms with Crippen molar-refractivity contribution < 1.29 is 9.53 Å². The van der Waals surface area contributed by atoms with Crippen LogP contribution in [0.5, 0.6) is 0 Å². The minimum atomic E-state index is -0.367. The molecule has 3 heteroatoms. The number of hydrogen-bond acceptors (Lipinski definition) is 2. The van der Waals surface area contributed by atoms with Crippen LogP contribution in [0.2, 0.25) is 0 Å². The fourth-order valence-corrected chi connectivity index (χ4v) is 1.56. The maximum absolute atomic E-state index is 11.3. The zero-order chi connectivity index (χ0) is 9.35. The van der Waals surface area contributed by atoms with E-state index < -0.39 is 0 Å². The smallest absolute Gasteiger partial charge is 0.309 e. The van der Waals surface area contributed by atoms with Crippen molar-refractivity contribution in [2.45, 2.75) is 44.6 Å². The number of carbonyl (C=O) groups is 1. The van der Waals surface area contributed by atoms with Crippen molar-refractivity contribution in [2.75, 3.05) is 0 Å². The van der Waals surface area contributed by atoms with E-state index in [1.807, 2.05) is 20.8 Å². The Bertz CT molecular complexity index is 177. The Morgan fingerprint density at radius 1 is 1.42 bits per heavy atom. The molecular weight excluding hydrogens is 176 g/mol. The van der Waals surface area contributed by atoms with Gasteiger partial charge in [-0.1, -0.05) is 0 Å². The highest BCUT2D eigenvalue weighted by Crippen LogP contribution is 2.33. The SMILES string of the molecule is CC(C)(C)OC(=O)C1CC(Cl)C1. The molecule has 1 aliphatic rings. The summed E-state index contributed by atoms with van der Waals surface area (Å²) in [4.78, 5) is 11.3. The van der Waals surface area contributed by atoms with Crippen molar-refractivity contribution in [3.63, 3.8) is 0 Å². The lowest BCUT2D eigenvalue weighted by Crippen LogP contribution is -2.36. The van der Waals surface area contributed by atoms with Crippen LogP contribution in [0.4, 0.5) is 0 Å². The van der Waals surface area contributed by atoms with Crippen LogP contribution in [0.15, 0.2) is 0 Å². The van der Waals surface area contributed by atoms with Crippen LogP contribution in [0.25, 0.3) is 0 Å². The molecule has 0 atom stereocenters. The van der Waals surface area contributed by atoms with Crippen LogP contribution in [0.1, 0.15) is 33.6 Å². The highest BCUT2D eigenvalue weighted by atomic mass is 35.5. The second kappa shape index (κ2) is 3.25. The molecule has 1 aliphatic carbocycles. The normalized spacial score (nSPS) is 29.3. The number of alkyl halides is 1. The van der Waals surface area contributed by atoms with Crippen LogP contribution in [0, 0.1) is 5.92 Å². The van der Waals surface area contributed by atoms with Crippen LogP contribution >= 0.6 is 11.6 Å². The first-order chi connectivity index (χ1) is 5.38. The van der Waals surface area contributed by atoms with Gasteiger partial charge in [-0.3, -0.25) is 4.79 Å². The van der Waals surface area contributed by atoms with E-state index in [1.165, 1.54) is 0 Å². The van der Waals surface area contributed by atoms with Gasteiger partial charge in [-0.05, 0) is 33.6 Å². The average molecular weight is 191 g/mol. The first kappa shape index (κ1) is 9.85. The summed E-state index contributed by atoms with van der Waals surface area (Å²) in [7, 11) is 0. The highest BCUT2D eigenvalue weighted by molar-refractivity contribution is 6.21. The van der Waals surface area contributed by atoms with Crippen molar-refractivity contribution in [1.82, 2.24) is 0 Å². The van der Waals surface area contributed by atoms with E-state index in [1.54, 1.807) is 0 Å². The molecule has 0 radical (unpaired) electrons. The maximum Gasteiger partial charge on any atom is 0.309 e. The molecule has 0 saturated heterocycles. The van der Waals surface area contributed by atoms with E-state index in [2.05, 4.69) is 0 Å². The van der Waals surface area contributed by atoms with E-state index in [0.29, 0.717) is 0 Å². The Labute approximate surface area is 78.2 Å². The molecule has 12 heavy (non-hydrogen) atoms. The van der Waals surface area contributed by atoms with Crippen molar-refractivity contribution >= 4 is 17.6 Å². The lowest BCUT2D eigenvalue weighted by molar-refractivity contribution is -0.162. The van der Waals surface area contributed by atoms with Gasteiger partial charge in [0.2, 0.25) is 0 Å². The lowest BCUT2D eigenvalue weighted by atomic mass is 9.85. The molecule has 1 rings (SSSR count). The molecule has 0 spiro atoms. The molecule has 0 heterocycles. The molecule has 70 valence electrons. The molecule has 0 aromatic carbocycles. The third-order valence-electron chi connectivity index (χ3n) is 1.82. The summed E-state index contributed by atoms with van der Waals surface area (Å²) in [6, 6.07) is 0. The number of rotatable bonds is 1. The van der Waals surface area contributed by atoms with E-state index >= 15 is 0 Å². The predicted octanol–water partition coefficient (Wildman–Crippen LogP) is 2.35. The van der Waals surface area contributed by atoms with Gasteiger partial charge >= 0.3 is 5.97 Å². The van der Waals surface area contributed by atoms with Gasteiger partial charge in [-0.15, -0.1) is 11.6 Å².